The number of hydrogen-bond acceptors (Lipinski definition) is 4. The van der Waals surface area contributed by atoms with Crippen LogP contribution in [-0.2, 0) is 24.2 Å². The molecule has 0 unspecified atom stereocenters. The van der Waals surface area contributed by atoms with Crippen LogP contribution in [0, 0.1) is 0 Å². The van der Waals surface area contributed by atoms with Crippen molar-refractivity contribution in [3.8, 4) is 0 Å². The highest BCUT2D eigenvalue weighted by atomic mass is 16.2. The smallest absolute Gasteiger partial charge is 0.276 e. The van der Waals surface area contributed by atoms with Gasteiger partial charge in [0.15, 0.2) is 5.69 Å². The van der Waals surface area contributed by atoms with Crippen LogP contribution in [0.25, 0.3) is 0 Å². The van der Waals surface area contributed by atoms with Crippen molar-refractivity contribution in [1.82, 2.24) is 15.5 Å². The average Bonchev–Trinajstić information content (AvgIpc) is 2.98. The zero-order chi connectivity index (χ0) is 15.8. The summed E-state index contributed by atoms with van der Waals surface area (Å²) in [6.07, 6.45) is 2.08. The number of aromatic amines is 1. The van der Waals surface area contributed by atoms with Gasteiger partial charge in [-0.15, -0.1) is 0 Å². The number of anilines is 2. The molecule has 0 spiro atoms. The largest absolute Gasteiger partial charge is 0.326 e. The average molecular weight is 311 g/mol. The number of rotatable bonds is 2. The van der Waals surface area contributed by atoms with E-state index in [1.54, 1.807) is 6.07 Å². The molecule has 0 atom stereocenters. The van der Waals surface area contributed by atoms with Gasteiger partial charge >= 0.3 is 0 Å². The summed E-state index contributed by atoms with van der Waals surface area (Å²) in [6, 6.07) is 5.58. The molecule has 0 aliphatic carbocycles. The minimum Gasteiger partial charge on any atom is -0.326 e. The van der Waals surface area contributed by atoms with E-state index in [1.165, 1.54) is 0 Å². The molecule has 7 heteroatoms. The van der Waals surface area contributed by atoms with Crippen molar-refractivity contribution in [3.63, 3.8) is 0 Å². The minimum absolute atomic E-state index is 0.00780. The summed E-state index contributed by atoms with van der Waals surface area (Å²) in [4.78, 5) is 24.0. The first-order valence-corrected chi connectivity index (χ1v) is 7.71. The van der Waals surface area contributed by atoms with E-state index >= 15 is 0 Å². The number of hydrogen-bond donors (Lipinski definition) is 4. The van der Waals surface area contributed by atoms with Crippen molar-refractivity contribution in [1.29, 1.82) is 0 Å². The maximum Gasteiger partial charge on any atom is 0.276 e. The van der Waals surface area contributed by atoms with Crippen LogP contribution in [-0.4, -0.2) is 28.6 Å². The molecule has 7 nitrogen and oxygen atoms in total. The van der Waals surface area contributed by atoms with Gasteiger partial charge in [0, 0.05) is 48.6 Å². The van der Waals surface area contributed by atoms with E-state index in [1.807, 2.05) is 12.1 Å². The fourth-order valence-electron chi connectivity index (χ4n) is 3.05. The Kier molecular flexibility index (Phi) is 3.34. The molecule has 1 aromatic heterocycles. The number of amides is 2. The number of aryl methyl sites for hydroxylation is 1. The van der Waals surface area contributed by atoms with Gasteiger partial charge in [-0.25, -0.2) is 0 Å². The summed E-state index contributed by atoms with van der Waals surface area (Å²) in [6.45, 7) is 1.54. The third-order valence-corrected chi connectivity index (χ3v) is 4.28. The van der Waals surface area contributed by atoms with Crippen LogP contribution in [0.4, 0.5) is 11.4 Å². The van der Waals surface area contributed by atoms with Gasteiger partial charge in [-0.2, -0.15) is 5.10 Å². The van der Waals surface area contributed by atoms with Crippen LogP contribution < -0.4 is 16.0 Å². The van der Waals surface area contributed by atoms with Crippen LogP contribution in [0.1, 0.15) is 33.7 Å². The molecule has 2 aliphatic heterocycles. The molecule has 2 aliphatic rings. The number of carbonyl (C=O) groups excluding carboxylic acids is 2. The Morgan fingerprint density at radius 3 is 3.04 bits per heavy atom. The number of H-pyrrole nitrogens is 1. The van der Waals surface area contributed by atoms with Gasteiger partial charge in [0.2, 0.25) is 5.91 Å². The maximum atomic E-state index is 12.5. The predicted octanol–water partition coefficient (Wildman–Crippen LogP) is 1.19. The number of fused-ring (bicyclic) bond motifs is 2. The van der Waals surface area contributed by atoms with Gasteiger partial charge < -0.3 is 16.0 Å². The van der Waals surface area contributed by atoms with Crippen molar-refractivity contribution in [3.05, 3.63) is 40.7 Å². The molecule has 4 rings (SSSR count). The molecule has 0 saturated heterocycles. The second kappa shape index (κ2) is 5.51. The summed E-state index contributed by atoms with van der Waals surface area (Å²) in [7, 11) is 0. The zero-order valence-corrected chi connectivity index (χ0v) is 12.5. The topological polar surface area (TPSA) is 98.9 Å². The molecule has 4 N–H and O–H groups in total. The maximum absolute atomic E-state index is 12.5. The molecule has 3 heterocycles. The lowest BCUT2D eigenvalue weighted by Gasteiger charge is -2.18. The van der Waals surface area contributed by atoms with Crippen LogP contribution in [0.2, 0.25) is 0 Å². The Morgan fingerprint density at radius 1 is 1.22 bits per heavy atom. The molecule has 0 bridgehead atoms. The van der Waals surface area contributed by atoms with Crippen molar-refractivity contribution in [2.24, 2.45) is 0 Å². The summed E-state index contributed by atoms with van der Waals surface area (Å²) < 4.78 is 0. The molecule has 23 heavy (non-hydrogen) atoms. The van der Waals surface area contributed by atoms with Gasteiger partial charge in [-0.05, 0) is 24.1 Å². The number of aromatic nitrogens is 2. The SMILES string of the molecule is O=C1CCc2ccc(NC(=O)c3n[nH]c4c3CNCC4)cc2N1. The summed E-state index contributed by atoms with van der Waals surface area (Å²) in [5.41, 5.74) is 4.88. The van der Waals surface area contributed by atoms with Crippen molar-refractivity contribution < 1.29 is 9.59 Å². The van der Waals surface area contributed by atoms with Crippen LogP contribution in [0.5, 0.6) is 0 Å². The lowest BCUT2D eigenvalue weighted by Crippen LogP contribution is -2.25. The van der Waals surface area contributed by atoms with Gasteiger partial charge in [-0.3, -0.25) is 14.7 Å². The highest BCUT2D eigenvalue weighted by Crippen LogP contribution is 2.26. The molecule has 0 fully saturated rings. The first-order valence-electron chi connectivity index (χ1n) is 7.71. The molecule has 2 aromatic rings. The molecule has 1 aromatic carbocycles. The molecule has 0 radical (unpaired) electrons. The lowest BCUT2D eigenvalue weighted by atomic mass is 10.0. The first kappa shape index (κ1) is 14.0. The standard InChI is InChI=1S/C16H17N5O2/c22-14-4-2-9-1-3-10(7-13(9)19-14)18-16(23)15-11-8-17-6-5-12(11)20-21-15/h1,3,7,17H,2,4-6,8H2,(H,18,23)(H,19,22)(H,20,21). The van der Waals surface area contributed by atoms with E-state index in [0.717, 1.165) is 41.9 Å². The number of nitrogens with zero attached hydrogens (tertiary/aromatic N) is 1. The monoisotopic (exact) mass is 311 g/mol. The number of nitrogens with one attached hydrogen (secondary N) is 4. The number of carbonyl (C=O) groups is 2. The Balaban J connectivity index is 1.56. The van der Waals surface area contributed by atoms with Crippen LogP contribution in [0.3, 0.4) is 0 Å². The van der Waals surface area contributed by atoms with Gasteiger partial charge in [0.05, 0.1) is 0 Å². The third-order valence-electron chi connectivity index (χ3n) is 4.28. The van der Waals surface area contributed by atoms with Crippen molar-refractivity contribution in [2.75, 3.05) is 17.2 Å². The van der Waals surface area contributed by atoms with Gasteiger partial charge in [-0.1, -0.05) is 6.07 Å². The molecule has 2 amide bonds. The van der Waals surface area contributed by atoms with E-state index in [9.17, 15) is 9.59 Å². The second-order valence-electron chi connectivity index (χ2n) is 5.83. The Morgan fingerprint density at radius 2 is 2.13 bits per heavy atom. The van der Waals surface area contributed by atoms with Gasteiger partial charge in [0.25, 0.3) is 5.91 Å². The van der Waals surface area contributed by atoms with Crippen molar-refractivity contribution in [2.45, 2.75) is 25.8 Å². The van der Waals surface area contributed by atoms with Crippen molar-refractivity contribution >= 4 is 23.2 Å². The number of benzene rings is 1. The summed E-state index contributed by atoms with van der Waals surface area (Å²) >= 11 is 0. The fraction of sp³-hybridized carbons (Fsp3) is 0.312. The highest BCUT2D eigenvalue weighted by Gasteiger charge is 2.22. The first-order chi connectivity index (χ1) is 11.2. The van der Waals surface area contributed by atoms with Crippen LogP contribution in [0.15, 0.2) is 18.2 Å². The van der Waals surface area contributed by atoms with E-state index in [-0.39, 0.29) is 11.8 Å². The van der Waals surface area contributed by atoms with Gasteiger partial charge in [0.1, 0.15) is 0 Å². The third kappa shape index (κ3) is 2.59. The Hall–Kier alpha value is -2.67. The van der Waals surface area contributed by atoms with E-state index in [0.29, 0.717) is 24.3 Å². The Bertz CT molecular complexity index is 796. The summed E-state index contributed by atoms with van der Waals surface area (Å²) in [5.74, 6) is -0.235. The minimum atomic E-state index is -0.242. The van der Waals surface area contributed by atoms with E-state index in [4.69, 9.17) is 0 Å². The second-order valence-corrected chi connectivity index (χ2v) is 5.83. The molecule has 118 valence electrons. The predicted molar refractivity (Wildman–Crippen MR) is 85.3 cm³/mol. The fourth-order valence-corrected chi connectivity index (χ4v) is 3.05. The van der Waals surface area contributed by atoms with E-state index in [2.05, 4.69) is 26.1 Å². The molecular weight excluding hydrogens is 294 g/mol. The zero-order valence-electron chi connectivity index (χ0n) is 12.5. The molecule has 0 saturated carbocycles. The highest BCUT2D eigenvalue weighted by molar-refractivity contribution is 6.04. The quantitative estimate of drug-likeness (QED) is 0.669. The van der Waals surface area contributed by atoms with E-state index < -0.39 is 0 Å². The Labute approximate surface area is 132 Å². The van der Waals surface area contributed by atoms with Crippen LogP contribution >= 0.6 is 0 Å². The molecular formula is C16H17N5O2. The summed E-state index contributed by atoms with van der Waals surface area (Å²) in [5, 5.41) is 16.0. The normalized spacial score (nSPS) is 16.3. The lowest BCUT2D eigenvalue weighted by molar-refractivity contribution is -0.116.